The molecular formula is C14H16N2O4S2. The van der Waals surface area contributed by atoms with E-state index in [4.69, 9.17) is 5.11 Å². The first kappa shape index (κ1) is 16.6. The van der Waals surface area contributed by atoms with Crippen LogP contribution in [-0.4, -0.2) is 30.5 Å². The minimum absolute atomic E-state index is 0.164. The number of nitrogens with zero attached hydrogens (tertiary/aromatic N) is 1. The average molecular weight is 340 g/mol. The van der Waals surface area contributed by atoms with Crippen molar-refractivity contribution in [1.29, 1.82) is 0 Å². The molecule has 8 heteroatoms. The van der Waals surface area contributed by atoms with Gasteiger partial charge in [0.05, 0.1) is 0 Å². The molecule has 118 valence electrons. The fraction of sp³-hybridized carbons (Fsp3) is 0.286. The summed E-state index contributed by atoms with van der Waals surface area (Å²) in [5.74, 6) is -1.59. The first-order chi connectivity index (χ1) is 10.3. The fourth-order valence-corrected chi connectivity index (χ4v) is 4.23. The SMILES string of the molecule is CC(C)[C@H](NS(=O)(=O)c1csc(-c2ccccc2)n1)C(=O)O. The monoisotopic (exact) mass is 340 g/mol. The highest BCUT2D eigenvalue weighted by molar-refractivity contribution is 7.89. The number of sulfonamides is 1. The molecule has 1 aromatic heterocycles. The number of aliphatic carboxylic acids is 1. The smallest absolute Gasteiger partial charge is 0.322 e. The van der Waals surface area contributed by atoms with E-state index < -0.39 is 22.0 Å². The molecule has 0 saturated heterocycles. The van der Waals surface area contributed by atoms with E-state index in [1.807, 2.05) is 30.3 Å². The molecule has 6 nitrogen and oxygen atoms in total. The van der Waals surface area contributed by atoms with Crippen molar-refractivity contribution >= 4 is 27.3 Å². The third-order valence-corrected chi connectivity index (χ3v) is 5.36. The lowest BCUT2D eigenvalue weighted by atomic mass is 10.1. The molecule has 0 unspecified atom stereocenters. The quantitative estimate of drug-likeness (QED) is 0.840. The van der Waals surface area contributed by atoms with Gasteiger partial charge < -0.3 is 5.11 Å². The Morgan fingerprint density at radius 2 is 1.91 bits per heavy atom. The number of aromatic nitrogens is 1. The third kappa shape index (κ3) is 3.70. The summed E-state index contributed by atoms with van der Waals surface area (Å²) in [6, 6.07) is 8.00. The molecule has 2 aromatic rings. The highest BCUT2D eigenvalue weighted by Crippen LogP contribution is 2.25. The van der Waals surface area contributed by atoms with E-state index in [0.717, 1.165) is 5.56 Å². The van der Waals surface area contributed by atoms with Gasteiger partial charge >= 0.3 is 5.97 Å². The molecule has 1 aromatic carbocycles. The van der Waals surface area contributed by atoms with Crippen LogP contribution in [0.3, 0.4) is 0 Å². The first-order valence-corrected chi connectivity index (χ1v) is 8.93. The number of thiazole rings is 1. The number of hydrogen-bond donors (Lipinski definition) is 2. The van der Waals surface area contributed by atoms with Gasteiger partial charge in [0.25, 0.3) is 10.0 Å². The second-order valence-electron chi connectivity index (χ2n) is 5.04. The molecule has 22 heavy (non-hydrogen) atoms. The summed E-state index contributed by atoms with van der Waals surface area (Å²) in [5, 5.41) is 10.9. The average Bonchev–Trinajstić information content (AvgIpc) is 2.96. The zero-order valence-electron chi connectivity index (χ0n) is 12.1. The van der Waals surface area contributed by atoms with Crippen molar-refractivity contribution in [1.82, 2.24) is 9.71 Å². The van der Waals surface area contributed by atoms with Crippen molar-refractivity contribution in [2.75, 3.05) is 0 Å². The van der Waals surface area contributed by atoms with Crippen LogP contribution in [0.5, 0.6) is 0 Å². The lowest BCUT2D eigenvalue weighted by Gasteiger charge is -2.16. The molecular weight excluding hydrogens is 324 g/mol. The van der Waals surface area contributed by atoms with Crippen molar-refractivity contribution in [3.05, 3.63) is 35.7 Å². The van der Waals surface area contributed by atoms with Crippen LogP contribution in [0.4, 0.5) is 0 Å². The molecule has 0 fully saturated rings. The minimum atomic E-state index is -3.97. The standard InChI is InChI=1S/C14H16N2O4S2/c1-9(2)12(14(17)18)16-22(19,20)11-8-21-13(15-11)10-6-4-3-5-7-10/h3-9,12,16H,1-2H3,(H,17,18)/t12-/m0/s1. The van der Waals surface area contributed by atoms with Crippen LogP contribution < -0.4 is 4.72 Å². The number of carboxylic acid groups (broad SMARTS) is 1. The lowest BCUT2D eigenvalue weighted by molar-refractivity contribution is -0.140. The molecule has 0 spiro atoms. The predicted molar refractivity (Wildman–Crippen MR) is 84.1 cm³/mol. The van der Waals surface area contributed by atoms with Crippen molar-refractivity contribution < 1.29 is 18.3 Å². The van der Waals surface area contributed by atoms with Crippen LogP contribution in [0.1, 0.15) is 13.8 Å². The van der Waals surface area contributed by atoms with Crippen LogP contribution >= 0.6 is 11.3 Å². The number of carbonyl (C=O) groups is 1. The Hall–Kier alpha value is -1.77. The van der Waals surface area contributed by atoms with Gasteiger partial charge in [-0.1, -0.05) is 44.2 Å². The van der Waals surface area contributed by atoms with Gasteiger partial charge in [0, 0.05) is 10.9 Å². The lowest BCUT2D eigenvalue weighted by Crippen LogP contribution is -2.44. The second-order valence-corrected chi connectivity index (χ2v) is 7.56. The van der Waals surface area contributed by atoms with Gasteiger partial charge in [-0.05, 0) is 5.92 Å². The Balaban J connectivity index is 2.28. The van der Waals surface area contributed by atoms with E-state index in [9.17, 15) is 13.2 Å². The predicted octanol–water partition coefficient (Wildman–Crippen LogP) is 2.20. The largest absolute Gasteiger partial charge is 0.480 e. The van der Waals surface area contributed by atoms with E-state index in [0.29, 0.717) is 5.01 Å². The summed E-state index contributed by atoms with van der Waals surface area (Å²) in [4.78, 5) is 15.2. The molecule has 2 N–H and O–H groups in total. The minimum Gasteiger partial charge on any atom is -0.480 e. The molecule has 0 saturated carbocycles. The Labute approximate surface area is 132 Å². The Bertz CT molecular complexity index is 754. The molecule has 1 atom stereocenters. The maximum absolute atomic E-state index is 12.3. The topological polar surface area (TPSA) is 96.4 Å². The molecule has 1 heterocycles. The number of rotatable bonds is 6. The van der Waals surface area contributed by atoms with E-state index >= 15 is 0 Å². The zero-order valence-corrected chi connectivity index (χ0v) is 13.7. The summed E-state index contributed by atoms with van der Waals surface area (Å²) in [6.07, 6.45) is 0. The normalized spacial score (nSPS) is 13.2. The molecule has 0 radical (unpaired) electrons. The molecule has 0 aliphatic heterocycles. The highest BCUT2D eigenvalue weighted by Gasteiger charge is 2.29. The van der Waals surface area contributed by atoms with Gasteiger partial charge in [-0.2, -0.15) is 4.72 Å². The van der Waals surface area contributed by atoms with E-state index in [-0.39, 0.29) is 10.9 Å². The maximum Gasteiger partial charge on any atom is 0.322 e. The van der Waals surface area contributed by atoms with Crippen LogP contribution in [-0.2, 0) is 14.8 Å². The Morgan fingerprint density at radius 3 is 2.45 bits per heavy atom. The molecule has 0 bridgehead atoms. The summed E-state index contributed by atoms with van der Waals surface area (Å²) >= 11 is 1.20. The van der Waals surface area contributed by atoms with E-state index in [2.05, 4.69) is 9.71 Å². The van der Waals surface area contributed by atoms with Gasteiger partial charge in [-0.15, -0.1) is 11.3 Å². The molecule has 0 aliphatic rings. The molecule has 2 rings (SSSR count). The summed E-state index contributed by atoms with van der Waals surface area (Å²) in [6.45, 7) is 3.27. The first-order valence-electron chi connectivity index (χ1n) is 6.57. The van der Waals surface area contributed by atoms with Crippen LogP contribution in [0.25, 0.3) is 10.6 Å². The van der Waals surface area contributed by atoms with Crippen molar-refractivity contribution in [3.63, 3.8) is 0 Å². The summed E-state index contributed by atoms with van der Waals surface area (Å²) in [7, 11) is -3.97. The summed E-state index contributed by atoms with van der Waals surface area (Å²) < 4.78 is 26.7. The van der Waals surface area contributed by atoms with Crippen LogP contribution in [0, 0.1) is 5.92 Å². The van der Waals surface area contributed by atoms with Gasteiger partial charge in [0.2, 0.25) is 0 Å². The second kappa shape index (κ2) is 6.55. The van der Waals surface area contributed by atoms with Crippen molar-refractivity contribution in [2.24, 2.45) is 5.92 Å². The van der Waals surface area contributed by atoms with Crippen molar-refractivity contribution in [3.8, 4) is 10.6 Å². The fourth-order valence-electron chi connectivity index (χ4n) is 1.79. The van der Waals surface area contributed by atoms with Gasteiger partial charge in [-0.3, -0.25) is 4.79 Å². The number of carboxylic acids is 1. The van der Waals surface area contributed by atoms with Gasteiger partial charge in [0.1, 0.15) is 11.0 Å². The molecule has 0 aliphatic carbocycles. The van der Waals surface area contributed by atoms with Gasteiger partial charge in [0.15, 0.2) is 5.03 Å². The van der Waals surface area contributed by atoms with E-state index in [1.165, 1.54) is 16.7 Å². The van der Waals surface area contributed by atoms with Gasteiger partial charge in [-0.25, -0.2) is 13.4 Å². The van der Waals surface area contributed by atoms with E-state index in [1.54, 1.807) is 13.8 Å². The molecule has 0 amide bonds. The Kier molecular flexibility index (Phi) is 4.94. The highest BCUT2D eigenvalue weighted by atomic mass is 32.2. The number of nitrogens with one attached hydrogen (secondary N) is 1. The van der Waals surface area contributed by atoms with Crippen molar-refractivity contribution in [2.45, 2.75) is 24.9 Å². The van der Waals surface area contributed by atoms with Crippen LogP contribution in [0.15, 0.2) is 40.7 Å². The zero-order chi connectivity index (χ0) is 16.3. The van der Waals surface area contributed by atoms with Crippen LogP contribution in [0.2, 0.25) is 0 Å². The number of hydrogen-bond acceptors (Lipinski definition) is 5. The maximum atomic E-state index is 12.3. The Morgan fingerprint density at radius 1 is 1.27 bits per heavy atom. The number of benzene rings is 1. The third-order valence-electron chi connectivity index (χ3n) is 2.99. The summed E-state index contributed by atoms with van der Waals surface area (Å²) in [5.41, 5.74) is 0.813.